The monoisotopic (exact) mass is 307 g/mol. The van der Waals surface area contributed by atoms with Gasteiger partial charge < -0.3 is 10.3 Å². The molecule has 7 nitrogen and oxygen atoms in total. The van der Waals surface area contributed by atoms with E-state index in [0.717, 1.165) is 30.0 Å². The number of hydrogen-bond donors (Lipinski definition) is 3. The van der Waals surface area contributed by atoms with Crippen LogP contribution in [0.25, 0.3) is 11.3 Å². The molecule has 0 bridgehead atoms. The van der Waals surface area contributed by atoms with Crippen molar-refractivity contribution in [3.05, 3.63) is 36.3 Å². The SMILES string of the molecule is N#C/C(=N\Nc1ccc(-c2cn3c(n2)CCCC3)cc1)C(=N)N. The van der Waals surface area contributed by atoms with Gasteiger partial charge in [-0.05, 0) is 25.0 Å². The number of amidine groups is 1. The number of nitrogens with one attached hydrogen (secondary N) is 2. The second-order valence-electron chi connectivity index (χ2n) is 5.37. The molecule has 7 heteroatoms. The molecule has 0 unspecified atom stereocenters. The highest BCUT2D eigenvalue weighted by atomic mass is 15.3. The van der Waals surface area contributed by atoms with Gasteiger partial charge in [-0.15, -0.1) is 0 Å². The minimum atomic E-state index is -0.361. The van der Waals surface area contributed by atoms with Crippen LogP contribution in [0, 0.1) is 16.7 Å². The minimum Gasteiger partial charge on any atom is -0.382 e. The van der Waals surface area contributed by atoms with Crippen LogP contribution < -0.4 is 11.2 Å². The second kappa shape index (κ2) is 6.32. The first-order valence-electron chi connectivity index (χ1n) is 7.42. The Morgan fingerprint density at radius 3 is 2.78 bits per heavy atom. The maximum atomic E-state index is 8.80. The van der Waals surface area contributed by atoms with E-state index in [9.17, 15) is 0 Å². The van der Waals surface area contributed by atoms with Crippen LogP contribution in [0.4, 0.5) is 5.69 Å². The molecule has 1 aliphatic rings. The van der Waals surface area contributed by atoms with Gasteiger partial charge in [0.2, 0.25) is 5.71 Å². The predicted molar refractivity (Wildman–Crippen MR) is 89.2 cm³/mol. The highest BCUT2D eigenvalue weighted by molar-refractivity contribution is 6.45. The van der Waals surface area contributed by atoms with E-state index in [0.29, 0.717) is 5.69 Å². The number of aromatic nitrogens is 2. The fraction of sp³-hybridized carbons (Fsp3) is 0.250. The first-order chi connectivity index (χ1) is 11.2. The number of hydrazone groups is 1. The van der Waals surface area contributed by atoms with E-state index in [1.165, 1.54) is 12.8 Å². The summed E-state index contributed by atoms with van der Waals surface area (Å²) in [4.78, 5) is 4.69. The molecule has 23 heavy (non-hydrogen) atoms. The van der Waals surface area contributed by atoms with Crippen LogP contribution in [0.5, 0.6) is 0 Å². The molecule has 3 rings (SSSR count). The van der Waals surface area contributed by atoms with Gasteiger partial charge in [0, 0.05) is 24.7 Å². The lowest BCUT2D eigenvalue weighted by molar-refractivity contribution is 0.522. The lowest BCUT2D eigenvalue weighted by atomic mass is 10.1. The molecule has 0 atom stereocenters. The molecular weight excluding hydrogens is 290 g/mol. The second-order valence-corrected chi connectivity index (χ2v) is 5.37. The van der Waals surface area contributed by atoms with E-state index in [4.69, 9.17) is 16.4 Å². The van der Waals surface area contributed by atoms with E-state index in [-0.39, 0.29) is 11.5 Å². The number of nitriles is 1. The number of rotatable bonds is 4. The van der Waals surface area contributed by atoms with Crippen LogP contribution in [-0.2, 0) is 13.0 Å². The van der Waals surface area contributed by atoms with E-state index < -0.39 is 0 Å². The Kier molecular flexibility index (Phi) is 4.06. The third-order valence-corrected chi connectivity index (χ3v) is 3.75. The summed E-state index contributed by atoms with van der Waals surface area (Å²) in [6.07, 6.45) is 5.55. The van der Waals surface area contributed by atoms with Gasteiger partial charge in [0.25, 0.3) is 0 Å². The molecule has 0 amide bonds. The van der Waals surface area contributed by atoms with Gasteiger partial charge in [0.1, 0.15) is 11.9 Å². The van der Waals surface area contributed by atoms with Gasteiger partial charge in [-0.1, -0.05) is 12.1 Å². The van der Waals surface area contributed by atoms with Crippen molar-refractivity contribution >= 4 is 17.2 Å². The minimum absolute atomic E-state index is 0.143. The first kappa shape index (κ1) is 14.8. The molecule has 4 N–H and O–H groups in total. The highest BCUT2D eigenvalue weighted by Crippen LogP contribution is 2.23. The van der Waals surface area contributed by atoms with Crippen LogP contribution >= 0.6 is 0 Å². The van der Waals surface area contributed by atoms with Crippen molar-refractivity contribution in [3.63, 3.8) is 0 Å². The van der Waals surface area contributed by atoms with E-state index in [1.807, 2.05) is 24.3 Å². The van der Waals surface area contributed by atoms with Crippen molar-refractivity contribution < 1.29 is 0 Å². The van der Waals surface area contributed by atoms with Crippen LogP contribution in [0.3, 0.4) is 0 Å². The number of fused-ring (bicyclic) bond motifs is 1. The third-order valence-electron chi connectivity index (χ3n) is 3.75. The van der Waals surface area contributed by atoms with Crippen molar-refractivity contribution in [1.29, 1.82) is 10.7 Å². The Balaban J connectivity index is 1.76. The van der Waals surface area contributed by atoms with Crippen LogP contribution in [0.2, 0.25) is 0 Å². The largest absolute Gasteiger partial charge is 0.382 e. The number of anilines is 1. The van der Waals surface area contributed by atoms with Crippen molar-refractivity contribution in [2.45, 2.75) is 25.8 Å². The topological polar surface area (TPSA) is 116 Å². The molecule has 0 spiro atoms. The van der Waals surface area contributed by atoms with E-state index in [1.54, 1.807) is 6.07 Å². The Labute approximate surface area is 134 Å². The van der Waals surface area contributed by atoms with Gasteiger partial charge in [0.15, 0.2) is 5.84 Å². The maximum absolute atomic E-state index is 8.80. The number of nitrogens with zero attached hydrogens (tertiary/aromatic N) is 4. The average molecular weight is 307 g/mol. The summed E-state index contributed by atoms with van der Waals surface area (Å²) in [7, 11) is 0. The smallest absolute Gasteiger partial charge is 0.201 e. The van der Waals surface area contributed by atoms with Gasteiger partial charge in [-0.3, -0.25) is 10.8 Å². The number of benzene rings is 1. The summed E-state index contributed by atoms with van der Waals surface area (Å²) in [5.41, 5.74) is 10.5. The Morgan fingerprint density at radius 2 is 2.13 bits per heavy atom. The quantitative estimate of drug-likeness (QED) is 0.455. The van der Waals surface area contributed by atoms with Gasteiger partial charge in [-0.2, -0.15) is 10.4 Å². The van der Waals surface area contributed by atoms with Gasteiger partial charge >= 0.3 is 0 Å². The molecule has 116 valence electrons. The molecule has 0 aliphatic carbocycles. The van der Waals surface area contributed by atoms with E-state index in [2.05, 4.69) is 26.3 Å². The molecule has 1 aromatic heterocycles. The Morgan fingerprint density at radius 1 is 1.35 bits per heavy atom. The maximum Gasteiger partial charge on any atom is 0.201 e. The standard InChI is InChI=1S/C16H17N7/c17-9-13(16(18)19)22-21-12-6-4-11(5-7-12)14-10-23-8-2-1-3-15(23)20-14/h4-7,10,21H,1-3,8H2,(H3,18,19)/b22-13+. The summed E-state index contributed by atoms with van der Waals surface area (Å²) in [5.74, 6) is 0.790. The summed E-state index contributed by atoms with van der Waals surface area (Å²) >= 11 is 0. The molecule has 0 saturated carbocycles. The molecule has 0 radical (unpaired) electrons. The van der Waals surface area contributed by atoms with Gasteiger partial charge in [0.05, 0.1) is 11.4 Å². The fourth-order valence-electron chi connectivity index (χ4n) is 2.53. The molecule has 2 heterocycles. The molecular formula is C16H17N7. The molecule has 1 aromatic carbocycles. The number of imidazole rings is 1. The van der Waals surface area contributed by atoms with Crippen molar-refractivity contribution in [2.75, 3.05) is 5.43 Å². The lowest BCUT2D eigenvalue weighted by Crippen LogP contribution is -2.21. The summed E-state index contributed by atoms with van der Waals surface area (Å²) in [6.45, 7) is 1.04. The van der Waals surface area contributed by atoms with Crippen LogP contribution in [0.1, 0.15) is 18.7 Å². The van der Waals surface area contributed by atoms with Crippen molar-refractivity contribution in [3.8, 4) is 17.3 Å². The number of aryl methyl sites for hydroxylation is 2. The Bertz CT molecular complexity index is 769. The van der Waals surface area contributed by atoms with Crippen LogP contribution in [-0.4, -0.2) is 21.1 Å². The zero-order valence-electron chi connectivity index (χ0n) is 12.6. The normalized spacial score (nSPS) is 14.0. The van der Waals surface area contributed by atoms with Crippen LogP contribution in [0.15, 0.2) is 35.6 Å². The molecule has 1 aliphatic heterocycles. The zero-order valence-corrected chi connectivity index (χ0v) is 12.6. The van der Waals surface area contributed by atoms with Gasteiger partial charge in [-0.25, -0.2) is 4.98 Å². The predicted octanol–water partition coefficient (Wildman–Crippen LogP) is 2.11. The summed E-state index contributed by atoms with van der Waals surface area (Å²) in [6, 6.07) is 9.37. The number of nitrogens with two attached hydrogens (primary N) is 1. The summed E-state index contributed by atoms with van der Waals surface area (Å²) < 4.78 is 2.22. The third kappa shape index (κ3) is 3.21. The summed E-state index contributed by atoms with van der Waals surface area (Å²) in [5, 5.41) is 19.8. The fourth-order valence-corrected chi connectivity index (χ4v) is 2.53. The highest BCUT2D eigenvalue weighted by Gasteiger charge is 2.13. The Hall–Kier alpha value is -3.14. The zero-order chi connectivity index (χ0) is 16.2. The number of hydrogen-bond acceptors (Lipinski definition) is 5. The first-order valence-corrected chi connectivity index (χ1v) is 7.42. The molecule has 0 saturated heterocycles. The van der Waals surface area contributed by atoms with E-state index >= 15 is 0 Å². The molecule has 2 aromatic rings. The lowest BCUT2D eigenvalue weighted by Gasteiger charge is -2.11. The van der Waals surface area contributed by atoms with Crippen molar-refractivity contribution in [1.82, 2.24) is 9.55 Å². The molecule has 0 fully saturated rings. The van der Waals surface area contributed by atoms with Crippen molar-refractivity contribution in [2.24, 2.45) is 10.8 Å². The average Bonchev–Trinajstić information content (AvgIpc) is 2.99.